The van der Waals surface area contributed by atoms with Crippen LogP contribution in [-0.4, -0.2) is 25.1 Å². The van der Waals surface area contributed by atoms with Gasteiger partial charge in [0, 0.05) is 26.3 Å². The molecular weight excluding hydrogens is 246 g/mol. The Morgan fingerprint density at radius 2 is 2.17 bits per heavy atom. The lowest BCUT2D eigenvalue weighted by Crippen LogP contribution is -2.25. The summed E-state index contributed by atoms with van der Waals surface area (Å²) in [7, 11) is 2.05. The van der Waals surface area contributed by atoms with Gasteiger partial charge in [-0.25, -0.2) is 4.98 Å². The van der Waals surface area contributed by atoms with Crippen LogP contribution in [0.5, 0.6) is 0 Å². The standard InChI is InChI=1S/C14H24ClN3/c1-5-11(3)10-18(4)14-13(15)7-12(9-17-14)8-16-6-2/h7,9,11,16H,5-6,8,10H2,1-4H3. The van der Waals surface area contributed by atoms with E-state index in [0.29, 0.717) is 5.92 Å². The van der Waals surface area contributed by atoms with Crippen molar-refractivity contribution in [1.82, 2.24) is 10.3 Å². The summed E-state index contributed by atoms with van der Waals surface area (Å²) in [6.45, 7) is 9.28. The second kappa shape index (κ2) is 7.59. The van der Waals surface area contributed by atoms with Crippen LogP contribution >= 0.6 is 11.6 Å². The third kappa shape index (κ3) is 4.46. The monoisotopic (exact) mass is 269 g/mol. The maximum absolute atomic E-state index is 6.30. The quantitative estimate of drug-likeness (QED) is 0.823. The summed E-state index contributed by atoms with van der Waals surface area (Å²) in [5, 5.41) is 4.00. The molecule has 1 aromatic rings. The summed E-state index contributed by atoms with van der Waals surface area (Å²) in [4.78, 5) is 6.60. The van der Waals surface area contributed by atoms with Crippen molar-refractivity contribution in [3.63, 3.8) is 0 Å². The average molecular weight is 270 g/mol. The summed E-state index contributed by atoms with van der Waals surface area (Å²) in [6.07, 6.45) is 3.07. The number of hydrogen-bond donors (Lipinski definition) is 1. The molecule has 0 radical (unpaired) electrons. The van der Waals surface area contributed by atoms with Crippen LogP contribution in [0.1, 0.15) is 32.8 Å². The molecule has 0 aromatic carbocycles. The first-order valence-corrected chi connectivity index (χ1v) is 7.02. The van der Waals surface area contributed by atoms with Gasteiger partial charge >= 0.3 is 0 Å². The van der Waals surface area contributed by atoms with Crippen LogP contribution in [-0.2, 0) is 6.54 Å². The van der Waals surface area contributed by atoms with E-state index in [-0.39, 0.29) is 0 Å². The lowest BCUT2D eigenvalue weighted by Gasteiger charge is -2.22. The van der Waals surface area contributed by atoms with Crippen LogP contribution < -0.4 is 10.2 Å². The maximum Gasteiger partial charge on any atom is 0.147 e. The molecule has 0 aliphatic heterocycles. The van der Waals surface area contributed by atoms with Crippen molar-refractivity contribution in [3.8, 4) is 0 Å². The summed E-state index contributed by atoms with van der Waals surface area (Å²) in [5.41, 5.74) is 1.13. The molecule has 0 bridgehead atoms. The van der Waals surface area contributed by atoms with Gasteiger partial charge in [-0.05, 0) is 24.1 Å². The average Bonchev–Trinajstić information content (AvgIpc) is 2.36. The van der Waals surface area contributed by atoms with Gasteiger partial charge in [0.1, 0.15) is 5.82 Å². The first kappa shape index (κ1) is 15.3. The molecule has 0 amide bonds. The smallest absolute Gasteiger partial charge is 0.147 e. The van der Waals surface area contributed by atoms with Gasteiger partial charge in [0.05, 0.1) is 5.02 Å². The lowest BCUT2D eigenvalue weighted by atomic mass is 10.1. The first-order chi connectivity index (χ1) is 8.58. The molecule has 1 unspecified atom stereocenters. The van der Waals surface area contributed by atoms with E-state index in [2.05, 4.69) is 36.0 Å². The molecule has 1 N–H and O–H groups in total. The normalized spacial score (nSPS) is 12.5. The Labute approximate surface area is 116 Å². The molecule has 4 heteroatoms. The predicted molar refractivity (Wildman–Crippen MR) is 79.4 cm³/mol. The number of hydrogen-bond acceptors (Lipinski definition) is 3. The second-order valence-corrected chi connectivity index (χ2v) is 5.23. The molecule has 102 valence electrons. The molecule has 1 aromatic heterocycles. The van der Waals surface area contributed by atoms with E-state index in [1.807, 2.05) is 19.3 Å². The summed E-state index contributed by atoms with van der Waals surface area (Å²) in [5.74, 6) is 1.52. The molecule has 1 rings (SSSR count). The van der Waals surface area contributed by atoms with Crippen LogP contribution in [0.4, 0.5) is 5.82 Å². The second-order valence-electron chi connectivity index (χ2n) is 4.82. The van der Waals surface area contributed by atoms with Gasteiger partial charge in [0.15, 0.2) is 0 Å². The lowest BCUT2D eigenvalue weighted by molar-refractivity contribution is 0.557. The number of pyridine rings is 1. The van der Waals surface area contributed by atoms with Crippen LogP contribution in [0.3, 0.4) is 0 Å². The van der Waals surface area contributed by atoms with Crippen LogP contribution in [0.15, 0.2) is 12.3 Å². The Kier molecular flexibility index (Phi) is 6.44. The van der Waals surface area contributed by atoms with Crippen LogP contribution in [0.2, 0.25) is 5.02 Å². The highest BCUT2D eigenvalue weighted by molar-refractivity contribution is 6.33. The summed E-state index contributed by atoms with van der Waals surface area (Å²) < 4.78 is 0. The number of anilines is 1. The zero-order chi connectivity index (χ0) is 13.5. The SMILES string of the molecule is CCNCc1cnc(N(C)CC(C)CC)c(Cl)c1. The summed E-state index contributed by atoms with van der Waals surface area (Å²) >= 11 is 6.30. The van der Waals surface area contributed by atoms with Crippen molar-refractivity contribution < 1.29 is 0 Å². The topological polar surface area (TPSA) is 28.2 Å². The molecule has 0 saturated heterocycles. The molecule has 0 fully saturated rings. The molecule has 0 saturated carbocycles. The van der Waals surface area contributed by atoms with Crippen molar-refractivity contribution in [1.29, 1.82) is 0 Å². The van der Waals surface area contributed by atoms with Gasteiger partial charge in [-0.2, -0.15) is 0 Å². The van der Waals surface area contributed by atoms with E-state index in [0.717, 1.165) is 36.0 Å². The van der Waals surface area contributed by atoms with Crippen molar-refractivity contribution >= 4 is 17.4 Å². The molecule has 0 spiro atoms. The molecule has 0 aliphatic rings. The Hall–Kier alpha value is -0.800. The molecule has 0 aliphatic carbocycles. The number of nitrogens with one attached hydrogen (secondary N) is 1. The van der Waals surface area contributed by atoms with E-state index in [1.54, 1.807) is 0 Å². The Balaban J connectivity index is 2.72. The fourth-order valence-electron chi connectivity index (χ4n) is 1.80. The Bertz CT molecular complexity index is 368. The zero-order valence-corrected chi connectivity index (χ0v) is 12.6. The largest absolute Gasteiger partial charge is 0.358 e. The highest BCUT2D eigenvalue weighted by atomic mass is 35.5. The zero-order valence-electron chi connectivity index (χ0n) is 11.8. The van der Waals surface area contributed by atoms with Gasteiger partial charge in [-0.1, -0.05) is 38.8 Å². The number of halogens is 1. The first-order valence-electron chi connectivity index (χ1n) is 6.64. The minimum atomic E-state index is 0.648. The van der Waals surface area contributed by atoms with Gasteiger partial charge in [-0.3, -0.25) is 0 Å². The molecular formula is C14H24ClN3. The van der Waals surface area contributed by atoms with E-state index in [4.69, 9.17) is 11.6 Å². The summed E-state index contributed by atoms with van der Waals surface area (Å²) in [6, 6.07) is 2.00. The molecule has 3 nitrogen and oxygen atoms in total. The third-order valence-corrected chi connectivity index (χ3v) is 3.38. The third-order valence-electron chi connectivity index (χ3n) is 3.10. The fourth-order valence-corrected chi connectivity index (χ4v) is 2.13. The van der Waals surface area contributed by atoms with Crippen molar-refractivity contribution in [2.75, 3.05) is 25.0 Å². The fraction of sp³-hybridized carbons (Fsp3) is 0.643. The van der Waals surface area contributed by atoms with E-state index >= 15 is 0 Å². The molecule has 1 heterocycles. The van der Waals surface area contributed by atoms with Crippen molar-refractivity contribution in [3.05, 3.63) is 22.8 Å². The number of aromatic nitrogens is 1. The van der Waals surface area contributed by atoms with E-state index in [1.165, 1.54) is 6.42 Å². The van der Waals surface area contributed by atoms with Gasteiger partial charge < -0.3 is 10.2 Å². The Morgan fingerprint density at radius 3 is 2.72 bits per heavy atom. The van der Waals surface area contributed by atoms with Crippen molar-refractivity contribution in [2.45, 2.75) is 33.7 Å². The van der Waals surface area contributed by atoms with Gasteiger partial charge in [0.2, 0.25) is 0 Å². The Morgan fingerprint density at radius 1 is 1.44 bits per heavy atom. The maximum atomic E-state index is 6.30. The minimum absolute atomic E-state index is 0.648. The van der Waals surface area contributed by atoms with Crippen LogP contribution in [0.25, 0.3) is 0 Å². The number of rotatable bonds is 7. The molecule has 1 atom stereocenters. The number of nitrogens with zero attached hydrogens (tertiary/aromatic N) is 2. The highest BCUT2D eigenvalue weighted by Gasteiger charge is 2.11. The van der Waals surface area contributed by atoms with Gasteiger partial charge in [-0.15, -0.1) is 0 Å². The van der Waals surface area contributed by atoms with E-state index < -0.39 is 0 Å². The molecule has 18 heavy (non-hydrogen) atoms. The van der Waals surface area contributed by atoms with Crippen LogP contribution in [0, 0.1) is 5.92 Å². The van der Waals surface area contributed by atoms with Crippen molar-refractivity contribution in [2.24, 2.45) is 5.92 Å². The highest BCUT2D eigenvalue weighted by Crippen LogP contribution is 2.24. The van der Waals surface area contributed by atoms with Gasteiger partial charge in [0.25, 0.3) is 0 Å². The van der Waals surface area contributed by atoms with E-state index in [9.17, 15) is 0 Å². The predicted octanol–water partition coefficient (Wildman–Crippen LogP) is 3.33. The minimum Gasteiger partial charge on any atom is -0.358 e.